The van der Waals surface area contributed by atoms with Crippen LogP contribution in [0.15, 0.2) is 18.2 Å². The minimum absolute atomic E-state index is 0.497. The van der Waals surface area contributed by atoms with E-state index in [0.29, 0.717) is 5.75 Å². The lowest BCUT2D eigenvalue weighted by molar-refractivity contribution is 0.410. The van der Waals surface area contributed by atoms with E-state index in [4.69, 9.17) is 0 Å². The van der Waals surface area contributed by atoms with E-state index < -0.39 is 0 Å². The number of aromatic hydroxyl groups is 1. The summed E-state index contributed by atoms with van der Waals surface area (Å²) in [5.74, 6) is 1.22. The SMILES string of the molecule is CCCc1c(O)cccc1C1CCC1. The highest BCUT2D eigenvalue weighted by Gasteiger charge is 2.22. The number of rotatable bonds is 3. The molecule has 0 aromatic heterocycles. The molecule has 2 rings (SSSR count). The van der Waals surface area contributed by atoms with Crippen molar-refractivity contribution in [2.24, 2.45) is 0 Å². The standard InChI is InChI=1S/C13H18O/c1-2-5-12-11(10-6-3-7-10)8-4-9-13(12)14/h4,8-10,14H,2-3,5-7H2,1H3. The third kappa shape index (κ3) is 1.63. The Morgan fingerprint density at radius 2 is 2.14 bits per heavy atom. The minimum Gasteiger partial charge on any atom is -0.508 e. The summed E-state index contributed by atoms with van der Waals surface area (Å²) in [5.41, 5.74) is 2.60. The summed E-state index contributed by atoms with van der Waals surface area (Å²) in [6.45, 7) is 2.16. The van der Waals surface area contributed by atoms with Gasteiger partial charge in [0, 0.05) is 0 Å². The summed E-state index contributed by atoms with van der Waals surface area (Å²) in [7, 11) is 0. The van der Waals surface area contributed by atoms with Gasteiger partial charge in [0.2, 0.25) is 0 Å². The Kier molecular flexibility index (Phi) is 2.76. The van der Waals surface area contributed by atoms with Gasteiger partial charge in [0.05, 0.1) is 0 Å². The summed E-state index contributed by atoms with van der Waals surface area (Å²) in [6.07, 6.45) is 6.09. The smallest absolute Gasteiger partial charge is 0.119 e. The molecule has 1 heteroatoms. The van der Waals surface area contributed by atoms with Crippen LogP contribution in [0.4, 0.5) is 0 Å². The van der Waals surface area contributed by atoms with E-state index >= 15 is 0 Å². The predicted octanol–water partition coefficient (Wildman–Crippen LogP) is 3.61. The first-order valence-electron chi connectivity index (χ1n) is 5.63. The molecule has 1 saturated carbocycles. The fourth-order valence-electron chi connectivity index (χ4n) is 2.22. The maximum Gasteiger partial charge on any atom is 0.119 e. The third-order valence-electron chi connectivity index (χ3n) is 3.23. The van der Waals surface area contributed by atoms with Gasteiger partial charge in [0.25, 0.3) is 0 Å². The summed E-state index contributed by atoms with van der Waals surface area (Å²) in [4.78, 5) is 0. The summed E-state index contributed by atoms with van der Waals surface area (Å²) in [5, 5.41) is 9.79. The highest BCUT2D eigenvalue weighted by atomic mass is 16.3. The molecule has 1 aliphatic rings. The van der Waals surface area contributed by atoms with Crippen LogP contribution in [0, 0.1) is 0 Å². The molecule has 0 atom stereocenters. The van der Waals surface area contributed by atoms with Crippen LogP contribution in [0.2, 0.25) is 0 Å². The molecule has 1 aromatic carbocycles. The van der Waals surface area contributed by atoms with Gasteiger partial charge in [-0.25, -0.2) is 0 Å². The van der Waals surface area contributed by atoms with Crippen molar-refractivity contribution < 1.29 is 5.11 Å². The van der Waals surface area contributed by atoms with Gasteiger partial charge in [0.1, 0.15) is 5.75 Å². The number of hydrogen-bond donors (Lipinski definition) is 1. The van der Waals surface area contributed by atoms with Crippen molar-refractivity contribution in [3.63, 3.8) is 0 Å². The summed E-state index contributed by atoms with van der Waals surface area (Å²) >= 11 is 0. The van der Waals surface area contributed by atoms with Gasteiger partial charge < -0.3 is 5.11 Å². The van der Waals surface area contributed by atoms with Gasteiger partial charge in [-0.3, -0.25) is 0 Å². The maximum absolute atomic E-state index is 9.79. The van der Waals surface area contributed by atoms with Crippen LogP contribution in [-0.4, -0.2) is 5.11 Å². The molecule has 0 saturated heterocycles. The van der Waals surface area contributed by atoms with Crippen molar-refractivity contribution in [2.45, 2.75) is 44.9 Å². The number of phenolic OH excluding ortho intramolecular Hbond substituents is 1. The van der Waals surface area contributed by atoms with E-state index in [1.54, 1.807) is 0 Å². The lowest BCUT2D eigenvalue weighted by Crippen LogP contribution is -2.11. The molecule has 0 unspecified atom stereocenters. The molecule has 0 heterocycles. The molecule has 1 nitrogen and oxygen atoms in total. The van der Waals surface area contributed by atoms with Crippen molar-refractivity contribution >= 4 is 0 Å². The molecule has 0 aliphatic heterocycles. The Balaban J connectivity index is 2.31. The quantitative estimate of drug-likeness (QED) is 0.772. The molecule has 14 heavy (non-hydrogen) atoms. The molecule has 1 aromatic rings. The van der Waals surface area contributed by atoms with Crippen LogP contribution < -0.4 is 0 Å². The Bertz CT molecular complexity index is 313. The fraction of sp³-hybridized carbons (Fsp3) is 0.538. The number of hydrogen-bond acceptors (Lipinski definition) is 1. The normalized spacial score (nSPS) is 16.6. The van der Waals surface area contributed by atoms with Crippen LogP contribution >= 0.6 is 0 Å². The second-order valence-corrected chi connectivity index (χ2v) is 4.22. The summed E-state index contributed by atoms with van der Waals surface area (Å²) < 4.78 is 0. The zero-order valence-electron chi connectivity index (χ0n) is 8.79. The van der Waals surface area contributed by atoms with Gasteiger partial charge in [-0.05, 0) is 42.4 Å². The molecule has 0 spiro atoms. The Hall–Kier alpha value is -0.980. The fourth-order valence-corrected chi connectivity index (χ4v) is 2.22. The van der Waals surface area contributed by atoms with Crippen LogP contribution in [0.3, 0.4) is 0 Å². The first kappa shape index (κ1) is 9.57. The summed E-state index contributed by atoms with van der Waals surface area (Å²) in [6, 6.07) is 5.98. The Labute approximate surface area is 85.8 Å². The van der Waals surface area contributed by atoms with E-state index in [-0.39, 0.29) is 0 Å². The molecule has 1 aliphatic carbocycles. The molecule has 1 N–H and O–H groups in total. The number of benzene rings is 1. The lowest BCUT2D eigenvalue weighted by atomic mass is 9.77. The van der Waals surface area contributed by atoms with Gasteiger partial charge in [-0.1, -0.05) is 31.9 Å². The highest BCUT2D eigenvalue weighted by molar-refractivity contribution is 5.42. The molecule has 76 valence electrons. The second-order valence-electron chi connectivity index (χ2n) is 4.22. The van der Waals surface area contributed by atoms with E-state index in [2.05, 4.69) is 13.0 Å². The molecule has 1 fully saturated rings. The minimum atomic E-state index is 0.497. The predicted molar refractivity (Wildman–Crippen MR) is 58.7 cm³/mol. The molecular weight excluding hydrogens is 172 g/mol. The second kappa shape index (κ2) is 4.04. The maximum atomic E-state index is 9.79. The van der Waals surface area contributed by atoms with Crippen LogP contribution in [0.5, 0.6) is 5.75 Å². The first-order chi connectivity index (χ1) is 6.83. The van der Waals surface area contributed by atoms with Crippen LogP contribution in [-0.2, 0) is 6.42 Å². The zero-order valence-corrected chi connectivity index (χ0v) is 8.79. The van der Waals surface area contributed by atoms with Crippen molar-refractivity contribution in [3.05, 3.63) is 29.3 Å². The van der Waals surface area contributed by atoms with Gasteiger partial charge in [-0.2, -0.15) is 0 Å². The largest absolute Gasteiger partial charge is 0.508 e. The monoisotopic (exact) mass is 190 g/mol. The van der Waals surface area contributed by atoms with Gasteiger partial charge in [0.15, 0.2) is 0 Å². The van der Waals surface area contributed by atoms with Crippen molar-refractivity contribution in [1.82, 2.24) is 0 Å². The van der Waals surface area contributed by atoms with Gasteiger partial charge >= 0.3 is 0 Å². The van der Waals surface area contributed by atoms with Crippen molar-refractivity contribution in [1.29, 1.82) is 0 Å². The average Bonchev–Trinajstić information content (AvgIpc) is 2.08. The Morgan fingerprint density at radius 1 is 1.36 bits per heavy atom. The third-order valence-corrected chi connectivity index (χ3v) is 3.23. The van der Waals surface area contributed by atoms with Crippen LogP contribution in [0.1, 0.15) is 49.7 Å². The Morgan fingerprint density at radius 3 is 2.71 bits per heavy atom. The lowest BCUT2D eigenvalue weighted by Gasteiger charge is -2.28. The molecule has 0 radical (unpaired) electrons. The van der Waals surface area contributed by atoms with Gasteiger partial charge in [-0.15, -0.1) is 0 Å². The highest BCUT2D eigenvalue weighted by Crippen LogP contribution is 2.40. The van der Waals surface area contributed by atoms with E-state index in [1.807, 2.05) is 12.1 Å². The average molecular weight is 190 g/mol. The molecule has 0 amide bonds. The number of phenols is 1. The van der Waals surface area contributed by atoms with Crippen LogP contribution in [0.25, 0.3) is 0 Å². The van der Waals surface area contributed by atoms with E-state index in [0.717, 1.165) is 18.8 Å². The molecular formula is C13H18O. The zero-order chi connectivity index (χ0) is 9.97. The van der Waals surface area contributed by atoms with E-state index in [1.165, 1.54) is 30.4 Å². The topological polar surface area (TPSA) is 20.2 Å². The van der Waals surface area contributed by atoms with E-state index in [9.17, 15) is 5.11 Å². The van der Waals surface area contributed by atoms with Crippen molar-refractivity contribution in [2.75, 3.05) is 0 Å². The van der Waals surface area contributed by atoms with Crippen molar-refractivity contribution in [3.8, 4) is 5.75 Å². The molecule has 0 bridgehead atoms. The first-order valence-corrected chi connectivity index (χ1v) is 5.63.